The highest BCUT2D eigenvalue weighted by atomic mass is 16.4. The number of nitrogens with two attached hydrogens (primary N) is 1. The third kappa shape index (κ3) is 6.81. The minimum absolute atomic E-state index is 0.0187. The van der Waals surface area contributed by atoms with Crippen LogP contribution in [0.4, 0.5) is 0 Å². The average molecular weight is 513 g/mol. The predicted molar refractivity (Wildman–Crippen MR) is 137 cm³/mol. The molecule has 9 nitrogen and oxygen atoms in total. The molecule has 2 aromatic carbocycles. The molecule has 6 N–H and O–H groups in total. The standard InChI is InChI=1S/C24H25NO4.C4H11NO3/c26-22-19-13-12-18(24(28)29)15-20(19)23(27)25(22)21(17-9-5-2-6-10-17)14-11-16-7-3-1-4-8-16;5-4(1-6,2-7)3-8/h2,5-6,9-10,12-13,15-16,21H,1,3-4,7-8,11,14H2,(H,28,29);6-8H,1-3,5H2/t21-;/m1./s1. The summed E-state index contributed by atoms with van der Waals surface area (Å²) in [6.07, 6.45) is 7.94. The number of benzene rings is 2. The van der Waals surface area contributed by atoms with Gasteiger partial charge in [0.05, 0.1) is 48.1 Å². The van der Waals surface area contributed by atoms with Crippen LogP contribution in [0.2, 0.25) is 0 Å². The number of carbonyl (C=O) groups is 3. The number of amides is 2. The number of nitrogens with zero attached hydrogens (tertiary/aromatic N) is 1. The normalized spacial score (nSPS) is 16.7. The van der Waals surface area contributed by atoms with E-state index < -0.39 is 37.2 Å². The van der Waals surface area contributed by atoms with E-state index in [1.807, 2.05) is 30.3 Å². The molecule has 37 heavy (non-hydrogen) atoms. The molecule has 200 valence electrons. The van der Waals surface area contributed by atoms with Gasteiger partial charge in [0, 0.05) is 0 Å². The minimum Gasteiger partial charge on any atom is -0.478 e. The Labute approximate surface area is 216 Å². The summed E-state index contributed by atoms with van der Waals surface area (Å²) in [7, 11) is 0. The molecule has 2 aliphatic rings. The molecule has 1 saturated carbocycles. The Bertz CT molecular complexity index is 1070. The van der Waals surface area contributed by atoms with Gasteiger partial charge in [-0.25, -0.2) is 4.79 Å². The Morgan fingerprint density at radius 3 is 2.05 bits per heavy atom. The van der Waals surface area contributed by atoms with Crippen molar-refractivity contribution in [3.05, 3.63) is 70.8 Å². The van der Waals surface area contributed by atoms with Gasteiger partial charge in [-0.3, -0.25) is 14.5 Å². The SMILES string of the molecule is NC(CO)(CO)CO.O=C(O)c1ccc2c(c1)C(=O)N([C@H](CCC1CCCCC1)c1ccccc1)C2=O. The van der Waals surface area contributed by atoms with Crippen LogP contribution in [0.25, 0.3) is 0 Å². The molecule has 1 aliphatic heterocycles. The summed E-state index contributed by atoms with van der Waals surface area (Å²) >= 11 is 0. The lowest BCUT2D eigenvalue weighted by atomic mass is 9.84. The molecule has 0 aromatic heterocycles. The van der Waals surface area contributed by atoms with Gasteiger partial charge in [-0.15, -0.1) is 0 Å². The molecule has 0 saturated heterocycles. The van der Waals surface area contributed by atoms with Crippen molar-refractivity contribution in [2.24, 2.45) is 11.7 Å². The molecule has 1 heterocycles. The second-order valence-electron chi connectivity index (χ2n) is 9.89. The summed E-state index contributed by atoms with van der Waals surface area (Å²) < 4.78 is 0. The van der Waals surface area contributed by atoms with Crippen LogP contribution in [0, 0.1) is 5.92 Å². The van der Waals surface area contributed by atoms with Gasteiger partial charge < -0.3 is 26.2 Å². The third-order valence-corrected chi connectivity index (χ3v) is 7.18. The second-order valence-corrected chi connectivity index (χ2v) is 9.89. The smallest absolute Gasteiger partial charge is 0.335 e. The van der Waals surface area contributed by atoms with Crippen molar-refractivity contribution in [1.82, 2.24) is 4.90 Å². The van der Waals surface area contributed by atoms with E-state index in [1.54, 1.807) is 0 Å². The van der Waals surface area contributed by atoms with Crippen LogP contribution in [-0.2, 0) is 0 Å². The summed E-state index contributed by atoms with van der Waals surface area (Å²) in [6, 6.07) is 13.5. The van der Waals surface area contributed by atoms with Crippen molar-refractivity contribution in [3.8, 4) is 0 Å². The molecule has 2 amide bonds. The number of aliphatic hydroxyl groups is 3. The topological polar surface area (TPSA) is 161 Å². The molecule has 1 fully saturated rings. The number of aliphatic hydroxyl groups excluding tert-OH is 3. The Hall–Kier alpha value is -3.11. The average Bonchev–Trinajstić information content (AvgIpc) is 3.19. The maximum Gasteiger partial charge on any atom is 0.335 e. The molecule has 0 spiro atoms. The van der Waals surface area contributed by atoms with Crippen LogP contribution in [0.3, 0.4) is 0 Å². The Kier molecular flexibility index (Phi) is 9.93. The number of carboxylic acids is 1. The molecule has 1 atom stereocenters. The van der Waals surface area contributed by atoms with E-state index in [9.17, 15) is 19.5 Å². The molecule has 1 aliphatic carbocycles. The highest BCUT2D eigenvalue weighted by Gasteiger charge is 2.41. The van der Waals surface area contributed by atoms with Gasteiger partial charge in [-0.2, -0.15) is 0 Å². The molecule has 0 unspecified atom stereocenters. The van der Waals surface area contributed by atoms with Gasteiger partial charge in [0.2, 0.25) is 0 Å². The number of fused-ring (bicyclic) bond motifs is 1. The maximum absolute atomic E-state index is 13.2. The largest absolute Gasteiger partial charge is 0.478 e. The molecule has 4 rings (SSSR count). The van der Waals surface area contributed by atoms with E-state index in [0.717, 1.165) is 18.4 Å². The van der Waals surface area contributed by atoms with Gasteiger partial charge in [-0.05, 0) is 42.5 Å². The summed E-state index contributed by atoms with van der Waals surface area (Å²) in [5.74, 6) is -1.20. The van der Waals surface area contributed by atoms with Crippen LogP contribution in [0.1, 0.15) is 87.6 Å². The predicted octanol–water partition coefficient (Wildman–Crippen LogP) is 2.74. The summed E-state index contributed by atoms with van der Waals surface area (Å²) in [6.45, 7) is -1.21. The molecule has 0 bridgehead atoms. The van der Waals surface area contributed by atoms with E-state index >= 15 is 0 Å². The second kappa shape index (κ2) is 12.9. The number of carbonyl (C=O) groups excluding carboxylic acids is 2. The lowest BCUT2D eigenvalue weighted by molar-refractivity contribution is 0.0565. The van der Waals surface area contributed by atoms with Crippen molar-refractivity contribution in [2.75, 3.05) is 19.8 Å². The summed E-state index contributed by atoms with van der Waals surface area (Å²) in [5.41, 5.74) is 5.38. The van der Waals surface area contributed by atoms with E-state index in [0.29, 0.717) is 11.5 Å². The number of aromatic carboxylic acids is 1. The van der Waals surface area contributed by atoms with Gasteiger partial charge in [0.15, 0.2) is 0 Å². The fourth-order valence-electron chi connectivity index (χ4n) is 4.81. The van der Waals surface area contributed by atoms with Gasteiger partial charge in [0.1, 0.15) is 0 Å². The van der Waals surface area contributed by atoms with Crippen molar-refractivity contribution < 1.29 is 34.8 Å². The van der Waals surface area contributed by atoms with Gasteiger partial charge in [0.25, 0.3) is 11.8 Å². The zero-order valence-corrected chi connectivity index (χ0v) is 20.9. The Morgan fingerprint density at radius 2 is 1.51 bits per heavy atom. The van der Waals surface area contributed by atoms with E-state index in [1.165, 1.54) is 55.2 Å². The number of rotatable bonds is 9. The number of hydrogen-bond acceptors (Lipinski definition) is 7. The zero-order chi connectivity index (χ0) is 27.0. The number of imide groups is 1. The van der Waals surface area contributed by atoms with Crippen LogP contribution >= 0.6 is 0 Å². The first-order valence-corrected chi connectivity index (χ1v) is 12.7. The molecular formula is C28H36N2O7. The molecular weight excluding hydrogens is 476 g/mol. The first kappa shape index (κ1) is 28.5. The van der Waals surface area contributed by atoms with Crippen LogP contribution in [0.5, 0.6) is 0 Å². The molecule has 2 aromatic rings. The van der Waals surface area contributed by atoms with Gasteiger partial charge in [-0.1, -0.05) is 62.4 Å². The van der Waals surface area contributed by atoms with Crippen LogP contribution in [-0.4, -0.2) is 68.5 Å². The quantitative estimate of drug-likeness (QED) is 0.320. The maximum atomic E-state index is 13.2. The van der Waals surface area contributed by atoms with E-state index in [-0.39, 0.29) is 23.1 Å². The zero-order valence-electron chi connectivity index (χ0n) is 20.9. The van der Waals surface area contributed by atoms with Crippen molar-refractivity contribution >= 4 is 17.8 Å². The summed E-state index contributed by atoms with van der Waals surface area (Å²) in [5, 5.41) is 34.3. The lowest BCUT2D eigenvalue weighted by Crippen LogP contribution is -2.50. The number of hydrogen-bond donors (Lipinski definition) is 5. The van der Waals surface area contributed by atoms with Gasteiger partial charge >= 0.3 is 5.97 Å². The third-order valence-electron chi connectivity index (χ3n) is 7.18. The highest BCUT2D eigenvalue weighted by molar-refractivity contribution is 6.22. The van der Waals surface area contributed by atoms with Crippen molar-refractivity contribution in [1.29, 1.82) is 0 Å². The highest BCUT2D eigenvalue weighted by Crippen LogP contribution is 2.37. The first-order chi connectivity index (χ1) is 17.7. The van der Waals surface area contributed by atoms with E-state index in [4.69, 9.17) is 21.1 Å². The fraction of sp³-hybridized carbons (Fsp3) is 0.464. The molecule has 0 radical (unpaired) electrons. The van der Waals surface area contributed by atoms with Crippen LogP contribution in [0.15, 0.2) is 48.5 Å². The number of carboxylic acid groups (broad SMARTS) is 1. The Balaban J connectivity index is 0.000000414. The van der Waals surface area contributed by atoms with Crippen molar-refractivity contribution in [3.63, 3.8) is 0 Å². The fourth-order valence-corrected chi connectivity index (χ4v) is 4.81. The van der Waals surface area contributed by atoms with E-state index in [2.05, 4.69) is 0 Å². The van der Waals surface area contributed by atoms with Crippen molar-refractivity contribution in [2.45, 2.75) is 56.5 Å². The monoisotopic (exact) mass is 512 g/mol. The lowest BCUT2D eigenvalue weighted by Gasteiger charge is -2.29. The summed E-state index contributed by atoms with van der Waals surface area (Å²) in [4.78, 5) is 38.9. The van der Waals surface area contributed by atoms with Crippen LogP contribution < -0.4 is 5.73 Å². The first-order valence-electron chi connectivity index (χ1n) is 12.7. The molecule has 9 heteroatoms. The minimum atomic E-state index is -1.21. The Morgan fingerprint density at radius 1 is 0.919 bits per heavy atom.